The van der Waals surface area contributed by atoms with Gasteiger partial charge in [0.15, 0.2) is 11.4 Å². The zero-order valence-corrected chi connectivity index (χ0v) is 13.0. The summed E-state index contributed by atoms with van der Waals surface area (Å²) in [7, 11) is 0. The quantitative estimate of drug-likeness (QED) is 0.923. The van der Waals surface area contributed by atoms with E-state index in [1.54, 1.807) is 23.2 Å². The number of pyridine rings is 1. The van der Waals surface area contributed by atoms with E-state index in [0.29, 0.717) is 24.5 Å². The van der Waals surface area contributed by atoms with E-state index < -0.39 is 0 Å². The predicted molar refractivity (Wildman–Crippen MR) is 80.3 cm³/mol. The Bertz CT molecular complexity index is 480. The Labute approximate surface area is 125 Å². The number of aromatic nitrogens is 1. The highest BCUT2D eigenvalue weighted by Crippen LogP contribution is 2.24. The number of aliphatic hydroxyl groups excluding tert-OH is 1. The van der Waals surface area contributed by atoms with E-state index in [1.165, 1.54) is 0 Å². The molecule has 0 spiro atoms. The summed E-state index contributed by atoms with van der Waals surface area (Å²) in [6.45, 7) is 6.98. The van der Waals surface area contributed by atoms with Gasteiger partial charge in [-0.15, -0.1) is 0 Å². The molecule has 0 radical (unpaired) electrons. The third-order valence-electron chi connectivity index (χ3n) is 3.84. The smallest absolute Gasteiger partial charge is 0.276 e. The number of carbonyl (C=O) groups excluding carboxylic acids is 1. The number of carbonyl (C=O) groups is 1. The van der Waals surface area contributed by atoms with Crippen molar-refractivity contribution in [2.75, 3.05) is 13.1 Å². The number of likely N-dealkylation sites (tertiary alicyclic amines) is 1. The minimum Gasteiger partial charge on any atom is -0.489 e. The van der Waals surface area contributed by atoms with Crippen molar-refractivity contribution in [2.24, 2.45) is 5.92 Å². The summed E-state index contributed by atoms with van der Waals surface area (Å²) in [6.07, 6.45) is 2.97. The summed E-state index contributed by atoms with van der Waals surface area (Å²) >= 11 is 0. The van der Waals surface area contributed by atoms with E-state index in [-0.39, 0.29) is 24.0 Å². The van der Waals surface area contributed by atoms with Crippen LogP contribution in [0.1, 0.15) is 44.1 Å². The van der Waals surface area contributed by atoms with E-state index in [0.717, 1.165) is 12.8 Å². The largest absolute Gasteiger partial charge is 0.489 e. The summed E-state index contributed by atoms with van der Waals surface area (Å²) in [4.78, 5) is 18.6. The molecule has 0 aliphatic carbocycles. The molecular weight excluding hydrogens is 268 g/mol. The second kappa shape index (κ2) is 6.89. The van der Waals surface area contributed by atoms with Crippen LogP contribution in [0.3, 0.4) is 0 Å². The molecule has 2 heterocycles. The number of ether oxygens (including phenoxy) is 1. The van der Waals surface area contributed by atoms with Crippen LogP contribution in [0.25, 0.3) is 0 Å². The van der Waals surface area contributed by atoms with Gasteiger partial charge in [-0.05, 0) is 51.7 Å². The van der Waals surface area contributed by atoms with Gasteiger partial charge in [0.2, 0.25) is 0 Å². The topological polar surface area (TPSA) is 62.7 Å². The molecule has 0 bridgehead atoms. The van der Waals surface area contributed by atoms with Gasteiger partial charge in [-0.1, -0.05) is 0 Å². The van der Waals surface area contributed by atoms with Crippen molar-refractivity contribution in [3.63, 3.8) is 0 Å². The molecule has 1 aliphatic heterocycles. The van der Waals surface area contributed by atoms with Crippen molar-refractivity contribution >= 4 is 5.91 Å². The van der Waals surface area contributed by atoms with E-state index in [2.05, 4.69) is 4.98 Å². The molecule has 1 saturated heterocycles. The Balaban J connectivity index is 2.07. The number of piperidine rings is 1. The van der Waals surface area contributed by atoms with Crippen LogP contribution in [0.15, 0.2) is 18.3 Å². The summed E-state index contributed by atoms with van der Waals surface area (Å²) < 4.78 is 5.67. The molecule has 0 aromatic carbocycles. The molecule has 21 heavy (non-hydrogen) atoms. The van der Waals surface area contributed by atoms with Crippen LogP contribution in [0, 0.1) is 5.92 Å². The standard InChI is InChI=1S/C16H24N2O3/c1-11(2)21-14-5-4-8-17-15(14)16(20)18-9-6-13(7-10-18)12(3)19/h4-5,8,11-13,19H,6-7,9-10H2,1-3H3. The Morgan fingerprint density at radius 2 is 2.05 bits per heavy atom. The average Bonchev–Trinajstić information content (AvgIpc) is 2.46. The number of hydrogen-bond donors (Lipinski definition) is 1. The van der Waals surface area contributed by atoms with Gasteiger partial charge >= 0.3 is 0 Å². The second-order valence-corrected chi connectivity index (χ2v) is 5.89. The molecular formula is C16H24N2O3. The van der Waals surface area contributed by atoms with Crippen LogP contribution in [-0.2, 0) is 0 Å². The lowest BCUT2D eigenvalue weighted by atomic mass is 9.92. The fourth-order valence-corrected chi connectivity index (χ4v) is 2.63. The van der Waals surface area contributed by atoms with Gasteiger partial charge in [-0.3, -0.25) is 4.79 Å². The van der Waals surface area contributed by atoms with Gasteiger partial charge in [0, 0.05) is 19.3 Å². The first-order valence-corrected chi connectivity index (χ1v) is 7.58. The highest BCUT2D eigenvalue weighted by Gasteiger charge is 2.28. The van der Waals surface area contributed by atoms with Crippen molar-refractivity contribution in [3.8, 4) is 5.75 Å². The van der Waals surface area contributed by atoms with Crippen LogP contribution in [0.4, 0.5) is 0 Å². The molecule has 1 aromatic rings. The van der Waals surface area contributed by atoms with E-state index in [1.807, 2.05) is 20.8 Å². The molecule has 1 fully saturated rings. The maximum absolute atomic E-state index is 12.6. The molecule has 0 saturated carbocycles. The van der Waals surface area contributed by atoms with Crippen LogP contribution in [0.2, 0.25) is 0 Å². The van der Waals surface area contributed by atoms with Crippen LogP contribution in [-0.4, -0.2) is 46.2 Å². The molecule has 1 aromatic heterocycles. The minimum absolute atomic E-state index is 0.00160. The molecule has 1 unspecified atom stereocenters. The maximum atomic E-state index is 12.6. The van der Waals surface area contributed by atoms with Gasteiger partial charge in [0.1, 0.15) is 0 Å². The van der Waals surface area contributed by atoms with Crippen molar-refractivity contribution < 1.29 is 14.6 Å². The van der Waals surface area contributed by atoms with Crippen molar-refractivity contribution in [1.82, 2.24) is 9.88 Å². The average molecular weight is 292 g/mol. The van der Waals surface area contributed by atoms with Gasteiger partial charge in [-0.2, -0.15) is 0 Å². The number of nitrogens with zero attached hydrogens (tertiary/aromatic N) is 2. The lowest BCUT2D eigenvalue weighted by Gasteiger charge is -2.33. The molecule has 1 amide bonds. The van der Waals surface area contributed by atoms with Crippen molar-refractivity contribution in [3.05, 3.63) is 24.0 Å². The van der Waals surface area contributed by atoms with E-state index >= 15 is 0 Å². The van der Waals surface area contributed by atoms with Crippen molar-refractivity contribution in [2.45, 2.75) is 45.8 Å². The molecule has 2 rings (SSSR count). The number of amides is 1. The Morgan fingerprint density at radius 3 is 2.62 bits per heavy atom. The molecule has 1 atom stereocenters. The number of rotatable bonds is 4. The summed E-state index contributed by atoms with van der Waals surface area (Å²) in [5.74, 6) is 0.731. The first-order chi connectivity index (χ1) is 9.99. The SMILES string of the molecule is CC(C)Oc1cccnc1C(=O)N1CCC(C(C)O)CC1. The van der Waals surface area contributed by atoms with Gasteiger partial charge < -0.3 is 14.7 Å². The van der Waals surface area contributed by atoms with Gasteiger partial charge in [0.25, 0.3) is 5.91 Å². The fraction of sp³-hybridized carbons (Fsp3) is 0.625. The van der Waals surface area contributed by atoms with Crippen LogP contribution in [0.5, 0.6) is 5.75 Å². The monoisotopic (exact) mass is 292 g/mol. The summed E-state index contributed by atoms with van der Waals surface area (Å²) in [5, 5.41) is 9.63. The van der Waals surface area contributed by atoms with Crippen LogP contribution >= 0.6 is 0 Å². The first kappa shape index (κ1) is 15.8. The lowest BCUT2D eigenvalue weighted by molar-refractivity contribution is 0.0512. The lowest BCUT2D eigenvalue weighted by Crippen LogP contribution is -2.41. The molecule has 1 N–H and O–H groups in total. The molecule has 5 nitrogen and oxygen atoms in total. The Hall–Kier alpha value is -1.62. The van der Waals surface area contributed by atoms with Crippen LogP contribution < -0.4 is 4.74 Å². The summed E-state index contributed by atoms with van der Waals surface area (Å²) in [6, 6.07) is 3.55. The Kier molecular flexibility index (Phi) is 5.17. The second-order valence-electron chi connectivity index (χ2n) is 5.89. The third kappa shape index (κ3) is 3.94. The van der Waals surface area contributed by atoms with E-state index in [9.17, 15) is 9.90 Å². The zero-order chi connectivity index (χ0) is 15.4. The van der Waals surface area contributed by atoms with Gasteiger partial charge in [-0.25, -0.2) is 4.98 Å². The highest BCUT2D eigenvalue weighted by atomic mass is 16.5. The minimum atomic E-state index is -0.308. The maximum Gasteiger partial charge on any atom is 0.276 e. The number of hydrogen-bond acceptors (Lipinski definition) is 4. The predicted octanol–water partition coefficient (Wildman–Crippen LogP) is 2.10. The normalized spacial score (nSPS) is 17.9. The Morgan fingerprint density at radius 1 is 1.38 bits per heavy atom. The highest BCUT2D eigenvalue weighted by molar-refractivity contribution is 5.95. The third-order valence-corrected chi connectivity index (χ3v) is 3.84. The first-order valence-electron chi connectivity index (χ1n) is 7.58. The molecule has 5 heteroatoms. The zero-order valence-electron chi connectivity index (χ0n) is 13.0. The molecule has 1 aliphatic rings. The molecule has 116 valence electrons. The fourth-order valence-electron chi connectivity index (χ4n) is 2.63. The van der Waals surface area contributed by atoms with Crippen molar-refractivity contribution in [1.29, 1.82) is 0 Å². The van der Waals surface area contributed by atoms with E-state index in [4.69, 9.17) is 4.74 Å². The summed E-state index contributed by atoms with van der Waals surface area (Å²) in [5.41, 5.74) is 0.377. The van der Waals surface area contributed by atoms with Gasteiger partial charge in [0.05, 0.1) is 12.2 Å². The number of aliphatic hydroxyl groups is 1.